The predicted molar refractivity (Wildman–Crippen MR) is 102 cm³/mol. The molecule has 0 aliphatic carbocycles. The van der Waals surface area contributed by atoms with Gasteiger partial charge in [0.2, 0.25) is 0 Å². The third-order valence-corrected chi connectivity index (χ3v) is 5.57. The van der Waals surface area contributed by atoms with E-state index < -0.39 is 10.8 Å². The number of furan rings is 1. The molecule has 0 aliphatic heterocycles. The van der Waals surface area contributed by atoms with E-state index in [4.69, 9.17) is 4.42 Å². The number of carbonyl (C=O) groups is 1. The SMILES string of the molecule is Cc1ccc(CNC(=O)c2ccc(CS(=O)c3ccccc3C)o2)cc1. The second kappa shape index (κ2) is 8.15. The van der Waals surface area contributed by atoms with Crippen LogP contribution in [0.5, 0.6) is 0 Å². The van der Waals surface area contributed by atoms with Crippen molar-refractivity contribution in [2.24, 2.45) is 0 Å². The van der Waals surface area contributed by atoms with Crippen molar-refractivity contribution in [2.75, 3.05) is 0 Å². The average molecular weight is 367 g/mol. The van der Waals surface area contributed by atoms with Crippen LogP contribution in [0, 0.1) is 13.8 Å². The highest BCUT2D eigenvalue weighted by Gasteiger charge is 2.14. The molecular weight excluding hydrogens is 346 g/mol. The highest BCUT2D eigenvalue weighted by Crippen LogP contribution is 2.18. The Morgan fingerprint density at radius 3 is 2.46 bits per heavy atom. The fourth-order valence-corrected chi connectivity index (χ4v) is 3.80. The lowest BCUT2D eigenvalue weighted by atomic mass is 10.1. The van der Waals surface area contributed by atoms with Crippen LogP contribution < -0.4 is 5.32 Å². The lowest BCUT2D eigenvalue weighted by Gasteiger charge is -2.05. The second-order valence-electron chi connectivity index (χ2n) is 6.19. The van der Waals surface area contributed by atoms with Gasteiger partial charge in [0.15, 0.2) is 5.76 Å². The summed E-state index contributed by atoms with van der Waals surface area (Å²) < 4.78 is 18.1. The molecular formula is C21H21NO3S. The molecule has 0 saturated carbocycles. The first-order chi connectivity index (χ1) is 12.5. The van der Waals surface area contributed by atoms with Gasteiger partial charge in [-0.25, -0.2) is 0 Å². The van der Waals surface area contributed by atoms with Gasteiger partial charge in [-0.2, -0.15) is 0 Å². The summed E-state index contributed by atoms with van der Waals surface area (Å²) in [5.74, 6) is 0.732. The second-order valence-corrected chi connectivity index (χ2v) is 7.61. The van der Waals surface area contributed by atoms with Crippen molar-refractivity contribution < 1.29 is 13.4 Å². The summed E-state index contributed by atoms with van der Waals surface area (Å²) in [7, 11) is -1.21. The molecule has 5 heteroatoms. The number of hydrogen-bond donors (Lipinski definition) is 1. The Bertz CT molecular complexity index is 928. The van der Waals surface area contributed by atoms with Gasteiger partial charge in [-0.15, -0.1) is 0 Å². The van der Waals surface area contributed by atoms with Crippen molar-refractivity contribution in [1.29, 1.82) is 0 Å². The average Bonchev–Trinajstić information content (AvgIpc) is 3.10. The maximum Gasteiger partial charge on any atom is 0.287 e. The third kappa shape index (κ3) is 4.49. The summed E-state index contributed by atoms with van der Waals surface area (Å²) in [6.07, 6.45) is 0. The van der Waals surface area contributed by atoms with Crippen LogP contribution in [0.4, 0.5) is 0 Å². The minimum Gasteiger partial charge on any atom is -0.455 e. The zero-order chi connectivity index (χ0) is 18.5. The van der Waals surface area contributed by atoms with Gasteiger partial charge in [0.25, 0.3) is 5.91 Å². The molecule has 1 unspecified atom stereocenters. The van der Waals surface area contributed by atoms with Gasteiger partial charge >= 0.3 is 0 Å². The molecule has 0 radical (unpaired) electrons. The molecule has 0 fully saturated rings. The number of carbonyl (C=O) groups excluding carboxylic acids is 1. The lowest BCUT2D eigenvalue weighted by Crippen LogP contribution is -2.22. The van der Waals surface area contributed by atoms with Gasteiger partial charge in [0.1, 0.15) is 5.76 Å². The van der Waals surface area contributed by atoms with Gasteiger partial charge in [0.05, 0.1) is 16.6 Å². The van der Waals surface area contributed by atoms with Crippen molar-refractivity contribution in [3.63, 3.8) is 0 Å². The van der Waals surface area contributed by atoms with E-state index in [-0.39, 0.29) is 17.4 Å². The molecule has 134 valence electrons. The first kappa shape index (κ1) is 18.1. The molecule has 0 spiro atoms. The fourth-order valence-electron chi connectivity index (χ4n) is 2.57. The number of nitrogens with one attached hydrogen (secondary N) is 1. The lowest BCUT2D eigenvalue weighted by molar-refractivity contribution is 0.0921. The van der Waals surface area contributed by atoms with Crippen LogP contribution in [0.15, 0.2) is 70.0 Å². The zero-order valence-electron chi connectivity index (χ0n) is 14.8. The minimum atomic E-state index is -1.21. The number of amides is 1. The molecule has 1 atom stereocenters. The van der Waals surface area contributed by atoms with Gasteiger partial charge in [-0.3, -0.25) is 9.00 Å². The first-order valence-electron chi connectivity index (χ1n) is 8.39. The number of aryl methyl sites for hydroxylation is 2. The summed E-state index contributed by atoms with van der Waals surface area (Å²) in [5, 5.41) is 2.83. The van der Waals surface area contributed by atoms with Crippen molar-refractivity contribution in [1.82, 2.24) is 5.32 Å². The molecule has 26 heavy (non-hydrogen) atoms. The quantitative estimate of drug-likeness (QED) is 0.712. The molecule has 3 rings (SSSR count). The summed E-state index contributed by atoms with van der Waals surface area (Å²) in [5.41, 5.74) is 3.18. The predicted octanol–water partition coefficient (Wildman–Crippen LogP) is 4.13. The molecule has 2 aromatic carbocycles. The van der Waals surface area contributed by atoms with Gasteiger partial charge in [-0.05, 0) is 43.2 Å². The van der Waals surface area contributed by atoms with Gasteiger partial charge in [0, 0.05) is 11.4 Å². The van der Waals surface area contributed by atoms with Gasteiger partial charge in [-0.1, -0.05) is 48.0 Å². The summed E-state index contributed by atoms with van der Waals surface area (Å²) in [6, 6.07) is 18.9. The maximum absolute atomic E-state index is 12.5. The van der Waals surface area contributed by atoms with E-state index >= 15 is 0 Å². The van der Waals surface area contributed by atoms with E-state index in [1.807, 2.05) is 62.4 Å². The van der Waals surface area contributed by atoms with Crippen LogP contribution in [-0.4, -0.2) is 10.1 Å². The monoisotopic (exact) mass is 367 g/mol. The first-order valence-corrected chi connectivity index (χ1v) is 9.71. The van der Waals surface area contributed by atoms with Crippen molar-refractivity contribution in [2.45, 2.75) is 31.0 Å². The van der Waals surface area contributed by atoms with Gasteiger partial charge < -0.3 is 9.73 Å². The Morgan fingerprint density at radius 2 is 1.73 bits per heavy atom. The largest absolute Gasteiger partial charge is 0.455 e. The van der Waals surface area contributed by atoms with Crippen LogP contribution >= 0.6 is 0 Å². The van der Waals surface area contributed by atoms with E-state index in [0.717, 1.165) is 16.0 Å². The van der Waals surface area contributed by atoms with Crippen LogP contribution in [-0.2, 0) is 23.1 Å². The Morgan fingerprint density at radius 1 is 1.00 bits per heavy atom. The topological polar surface area (TPSA) is 59.3 Å². The number of benzene rings is 2. The molecule has 0 aliphatic rings. The normalized spacial score (nSPS) is 11.9. The van der Waals surface area contributed by atoms with Crippen molar-refractivity contribution in [3.05, 3.63) is 88.9 Å². The smallest absolute Gasteiger partial charge is 0.287 e. The molecule has 1 amide bonds. The Balaban J connectivity index is 1.60. The molecule has 0 bridgehead atoms. The van der Waals surface area contributed by atoms with E-state index in [1.54, 1.807) is 12.1 Å². The third-order valence-electron chi connectivity index (χ3n) is 4.07. The maximum atomic E-state index is 12.5. The molecule has 4 nitrogen and oxygen atoms in total. The summed E-state index contributed by atoms with van der Waals surface area (Å²) in [6.45, 7) is 4.39. The Hall–Kier alpha value is -2.66. The summed E-state index contributed by atoms with van der Waals surface area (Å²) in [4.78, 5) is 13.0. The highest BCUT2D eigenvalue weighted by atomic mass is 32.2. The zero-order valence-corrected chi connectivity index (χ0v) is 15.6. The van der Waals surface area contributed by atoms with Crippen LogP contribution in [0.25, 0.3) is 0 Å². The molecule has 3 aromatic rings. The fraction of sp³-hybridized carbons (Fsp3) is 0.190. The molecule has 0 saturated heterocycles. The summed E-state index contributed by atoms with van der Waals surface area (Å²) >= 11 is 0. The van der Waals surface area contributed by atoms with E-state index in [9.17, 15) is 9.00 Å². The highest BCUT2D eigenvalue weighted by molar-refractivity contribution is 7.84. The standard InChI is InChI=1S/C21H21NO3S/c1-15-7-9-17(10-8-15)13-22-21(23)19-12-11-18(25-19)14-26(24)20-6-4-3-5-16(20)2/h3-12H,13-14H2,1-2H3,(H,22,23). The number of rotatable bonds is 6. The molecule has 1 N–H and O–H groups in total. The minimum absolute atomic E-state index is 0.230. The van der Waals surface area contributed by atoms with Crippen molar-refractivity contribution in [3.8, 4) is 0 Å². The van der Waals surface area contributed by atoms with Crippen LogP contribution in [0.3, 0.4) is 0 Å². The number of hydrogen-bond acceptors (Lipinski definition) is 3. The molecule has 1 aromatic heterocycles. The van der Waals surface area contributed by atoms with Crippen LogP contribution in [0.1, 0.15) is 33.0 Å². The van der Waals surface area contributed by atoms with E-state index in [0.29, 0.717) is 12.3 Å². The van der Waals surface area contributed by atoms with E-state index in [2.05, 4.69) is 5.32 Å². The van der Waals surface area contributed by atoms with Crippen LogP contribution in [0.2, 0.25) is 0 Å². The van der Waals surface area contributed by atoms with Crippen molar-refractivity contribution >= 4 is 16.7 Å². The Kier molecular flexibility index (Phi) is 5.68. The van der Waals surface area contributed by atoms with E-state index in [1.165, 1.54) is 5.56 Å². The Labute approximate surface area is 155 Å². The molecule has 1 heterocycles.